The van der Waals surface area contributed by atoms with Crippen LogP contribution < -0.4 is 0 Å². The number of hydrogen-bond donors (Lipinski definition) is 0. The van der Waals surface area contributed by atoms with E-state index in [1.54, 1.807) is 18.2 Å². The van der Waals surface area contributed by atoms with Crippen LogP contribution in [0.4, 0.5) is 4.39 Å². The summed E-state index contributed by atoms with van der Waals surface area (Å²) < 4.78 is 16.3. The van der Waals surface area contributed by atoms with Crippen molar-refractivity contribution in [3.63, 3.8) is 0 Å². The Bertz CT molecular complexity index is 1080. The normalized spacial score (nSPS) is 14.5. The number of carbonyl (C=O) groups excluding carboxylic acids is 1. The molecule has 1 amide bonds. The lowest BCUT2D eigenvalue weighted by atomic mass is 10.00. The molecule has 4 rings (SSSR count). The van der Waals surface area contributed by atoms with Crippen molar-refractivity contribution < 1.29 is 9.18 Å². The molecule has 0 radical (unpaired) electrons. The fraction of sp³-hybridized carbons (Fsp3) is 0.375. The van der Waals surface area contributed by atoms with Crippen molar-refractivity contribution in [2.24, 2.45) is 5.92 Å². The van der Waals surface area contributed by atoms with Crippen molar-refractivity contribution in [3.8, 4) is 11.4 Å². The fourth-order valence-electron chi connectivity index (χ4n) is 3.90. The van der Waals surface area contributed by atoms with Gasteiger partial charge in [-0.05, 0) is 42.5 Å². The van der Waals surface area contributed by atoms with Crippen molar-refractivity contribution in [2.75, 3.05) is 6.54 Å². The summed E-state index contributed by atoms with van der Waals surface area (Å²) >= 11 is 1.39. The molecular weight excluding hydrogens is 411 g/mol. The molecule has 7 heteroatoms. The predicted octanol–water partition coefficient (Wildman–Crippen LogP) is 4.81. The van der Waals surface area contributed by atoms with Crippen molar-refractivity contribution in [2.45, 2.75) is 50.7 Å². The second-order valence-electron chi connectivity index (χ2n) is 8.33. The van der Waals surface area contributed by atoms with Crippen LogP contribution in [0.3, 0.4) is 0 Å². The molecule has 162 valence electrons. The first-order valence-corrected chi connectivity index (χ1v) is 11.5. The van der Waals surface area contributed by atoms with Crippen LogP contribution in [0.25, 0.3) is 11.4 Å². The first-order chi connectivity index (χ1) is 14.9. The van der Waals surface area contributed by atoms with Gasteiger partial charge in [-0.25, -0.2) is 4.39 Å². The van der Waals surface area contributed by atoms with E-state index < -0.39 is 0 Å². The molecule has 1 aliphatic rings. The highest BCUT2D eigenvalue weighted by molar-refractivity contribution is 8.00. The number of fused-ring (bicyclic) bond motifs is 1. The summed E-state index contributed by atoms with van der Waals surface area (Å²) in [4.78, 5) is 15.1. The summed E-state index contributed by atoms with van der Waals surface area (Å²) in [6, 6.07) is 14.9. The van der Waals surface area contributed by atoms with Crippen LogP contribution in [-0.4, -0.2) is 37.4 Å². The van der Waals surface area contributed by atoms with Gasteiger partial charge in [0.1, 0.15) is 5.82 Å². The van der Waals surface area contributed by atoms with E-state index in [1.807, 2.05) is 28.5 Å². The van der Waals surface area contributed by atoms with Gasteiger partial charge in [0.05, 0.1) is 10.8 Å². The van der Waals surface area contributed by atoms with E-state index in [2.05, 4.69) is 36.2 Å². The van der Waals surface area contributed by atoms with Crippen LogP contribution in [0.1, 0.15) is 31.9 Å². The van der Waals surface area contributed by atoms with Gasteiger partial charge < -0.3 is 9.47 Å². The zero-order chi connectivity index (χ0) is 22.0. The molecule has 1 atom stereocenters. The summed E-state index contributed by atoms with van der Waals surface area (Å²) in [6.45, 7) is 8.11. The largest absolute Gasteiger partial charge is 0.337 e. The molecule has 1 aliphatic heterocycles. The monoisotopic (exact) mass is 438 g/mol. The lowest BCUT2D eigenvalue weighted by Gasteiger charge is -2.30. The van der Waals surface area contributed by atoms with Gasteiger partial charge in [0.2, 0.25) is 5.91 Å². The van der Waals surface area contributed by atoms with Gasteiger partial charge >= 0.3 is 0 Å². The van der Waals surface area contributed by atoms with E-state index in [4.69, 9.17) is 0 Å². The maximum Gasteiger partial charge on any atom is 0.236 e. The lowest BCUT2D eigenvalue weighted by Crippen LogP contribution is -2.40. The minimum Gasteiger partial charge on any atom is -0.337 e. The van der Waals surface area contributed by atoms with Crippen LogP contribution in [0.2, 0.25) is 0 Å². The molecule has 5 nitrogen and oxygen atoms in total. The number of benzene rings is 2. The molecule has 0 saturated heterocycles. The Labute approximate surface area is 186 Å². The Kier molecular flexibility index (Phi) is 6.41. The fourth-order valence-corrected chi connectivity index (χ4v) is 4.84. The summed E-state index contributed by atoms with van der Waals surface area (Å²) in [6.07, 6.45) is 0.875. The molecule has 3 aromatic rings. The number of amides is 1. The van der Waals surface area contributed by atoms with Gasteiger partial charge in [-0.3, -0.25) is 4.79 Å². The maximum atomic E-state index is 14.4. The van der Waals surface area contributed by atoms with E-state index in [0.717, 1.165) is 13.0 Å². The number of aromatic nitrogens is 3. The quantitative estimate of drug-likeness (QED) is 0.519. The van der Waals surface area contributed by atoms with Gasteiger partial charge in [0.15, 0.2) is 11.0 Å². The van der Waals surface area contributed by atoms with Crippen molar-refractivity contribution in [1.29, 1.82) is 0 Å². The Hall–Kier alpha value is -2.67. The van der Waals surface area contributed by atoms with Gasteiger partial charge in [-0.2, -0.15) is 0 Å². The predicted molar refractivity (Wildman–Crippen MR) is 121 cm³/mol. The van der Waals surface area contributed by atoms with Crippen LogP contribution >= 0.6 is 11.8 Å². The number of rotatable bonds is 6. The SMILES string of the molecule is CC(C)Cn1c(SC(C)C(=O)N2CCc3ccccc3C2)nnc1-c1ccccc1F. The molecule has 0 bridgehead atoms. The molecule has 0 aliphatic carbocycles. The van der Waals surface area contributed by atoms with Crippen molar-refractivity contribution >= 4 is 17.7 Å². The Morgan fingerprint density at radius 3 is 2.52 bits per heavy atom. The van der Waals surface area contributed by atoms with E-state index in [9.17, 15) is 9.18 Å². The number of thioether (sulfide) groups is 1. The van der Waals surface area contributed by atoms with Crippen LogP contribution in [0.15, 0.2) is 53.7 Å². The van der Waals surface area contributed by atoms with Gasteiger partial charge in [-0.1, -0.05) is 62.0 Å². The smallest absolute Gasteiger partial charge is 0.236 e. The highest BCUT2D eigenvalue weighted by Crippen LogP contribution is 2.30. The number of halogens is 1. The van der Waals surface area contributed by atoms with Gasteiger partial charge in [0, 0.05) is 19.6 Å². The minimum atomic E-state index is -0.326. The van der Waals surface area contributed by atoms with Gasteiger partial charge in [0.25, 0.3) is 0 Å². The first kappa shape index (κ1) is 21.6. The van der Waals surface area contributed by atoms with Crippen molar-refractivity contribution in [3.05, 3.63) is 65.5 Å². The third-order valence-electron chi connectivity index (χ3n) is 5.45. The minimum absolute atomic E-state index is 0.0889. The topological polar surface area (TPSA) is 51.0 Å². The standard InChI is InChI=1S/C24H27FN4OS/c1-16(2)14-29-22(20-10-6-7-11-21(20)25)26-27-24(29)31-17(3)23(30)28-13-12-18-8-4-5-9-19(18)15-28/h4-11,16-17H,12-15H2,1-3H3. The Morgan fingerprint density at radius 2 is 1.77 bits per heavy atom. The second-order valence-corrected chi connectivity index (χ2v) is 9.64. The van der Waals surface area contributed by atoms with Crippen LogP contribution in [-0.2, 0) is 24.3 Å². The zero-order valence-corrected chi connectivity index (χ0v) is 18.9. The molecule has 0 saturated carbocycles. The first-order valence-electron chi connectivity index (χ1n) is 10.6. The van der Waals surface area contributed by atoms with Crippen LogP contribution in [0, 0.1) is 11.7 Å². The average molecular weight is 439 g/mol. The molecule has 0 spiro atoms. The van der Waals surface area contributed by atoms with E-state index >= 15 is 0 Å². The summed E-state index contributed by atoms with van der Waals surface area (Å²) in [5.74, 6) is 0.588. The zero-order valence-electron chi connectivity index (χ0n) is 18.1. The molecule has 1 aromatic heterocycles. The second kappa shape index (κ2) is 9.22. The van der Waals surface area contributed by atoms with E-state index in [0.29, 0.717) is 35.6 Å². The van der Waals surface area contributed by atoms with E-state index in [-0.39, 0.29) is 17.0 Å². The Morgan fingerprint density at radius 1 is 1.06 bits per heavy atom. The van der Waals surface area contributed by atoms with E-state index in [1.165, 1.54) is 29.0 Å². The van der Waals surface area contributed by atoms with Crippen molar-refractivity contribution in [1.82, 2.24) is 19.7 Å². The molecule has 2 aromatic carbocycles. The highest BCUT2D eigenvalue weighted by Gasteiger charge is 2.27. The molecule has 0 fully saturated rings. The lowest BCUT2D eigenvalue weighted by molar-refractivity contribution is -0.131. The molecule has 0 N–H and O–H groups in total. The highest BCUT2D eigenvalue weighted by atomic mass is 32.2. The van der Waals surface area contributed by atoms with Gasteiger partial charge in [-0.15, -0.1) is 10.2 Å². The molecule has 2 heterocycles. The third kappa shape index (κ3) is 4.66. The number of hydrogen-bond acceptors (Lipinski definition) is 4. The summed E-state index contributed by atoms with van der Waals surface area (Å²) in [5.41, 5.74) is 2.95. The number of nitrogens with zero attached hydrogens (tertiary/aromatic N) is 4. The summed E-state index contributed by atoms with van der Waals surface area (Å²) in [7, 11) is 0. The third-order valence-corrected chi connectivity index (χ3v) is 6.52. The Balaban J connectivity index is 1.55. The number of carbonyl (C=O) groups is 1. The average Bonchev–Trinajstić information content (AvgIpc) is 3.14. The molecule has 31 heavy (non-hydrogen) atoms. The molecular formula is C24H27FN4OS. The summed E-state index contributed by atoms with van der Waals surface area (Å²) in [5, 5.41) is 8.94. The molecule has 1 unspecified atom stereocenters. The maximum absolute atomic E-state index is 14.4. The van der Waals surface area contributed by atoms with Crippen LogP contribution in [0.5, 0.6) is 0 Å².